The summed E-state index contributed by atoms with van der Waals surface area (Å²) in [6.07, 6.45) is 3.59. The first-order chi connectivity index (χ1) is 13.8. The number of Topliss-reactive ketones (excluding diaryl/α,β-unsaturated/α-hetero) is 1. The highest BCUT2D eigenvalue weighted by molar-refractivity contribution is 7.07. The molecule has 0 saturated carbocycles. The number of hydrogen-bond acceptors (Lipinski definition) is 6. The number of carbonyl (C=O) groups is 1. The molecule has 2 aliphatic heterocycles. The van der Waals surface area contributed by atoms with E-state index in [1.54, 1.807) is 15.4 Å². The van der Waals surface area contributed by atoms with Gasteiger partial charge in [0, 0.05) is 23.9 Å². The summed E-state index contributed by atoms with van der Waals surface area (Å²) < 4.78 is 10.2. The fourth-order valence-electron chi connectivity index (χ4n) is 4.35. The number of fused-ring (bicyclic) bond motifs is 6. The lowest BCUT2D eigenvalue weighted by atomic mass is 9.79. The van der Waals surface area contributed by atoms with Gasteiger partial charge in [-0.15, -0.1) is 0 Å². The lowest BCUT2D eigenvalue weighted by Gasteiger charge is -2.45. The molecular weight excluding hydrogens is 388 g/mol. The molecule has 148 valence electrons. The van der Waals surface area contributed by atoms with E-state index in [0.717, 1.165) is 16.8 Å². The van der Waals surface area contributed by atoms with Crippen molar-refractivity contribution in [2.75, 3.05) is 0 Å². The van der Waals surface area contributed by atoms with Crippen LogP contribution >= 0.6 is 11.3 Å². The van der Waals surface area contributed by atoms with Gasteiger partial charge in [-0.05, 0) is 32.9 Å². The topological polar surface area (TPSA) is 78.5 Å². The zero-order chi connectivity index (χ0) is 20.5. The van der Waals surface area contributed by atoms with Crippen molar-refractivity contribution in [3.8, 4) is 5.75 Å². The van der Waals surface area contributed by atoms with Gasteiger partial charge in [0.05, 0.1) is 16.8 Å². The third kappa shape index (κ3) is 2.48. The number of nitrogens with zero attached hydrogens (tertiary/aromatic N) is 4. The predicted octanol–water partition coefficient (Wildman–Crippen LogP) is 1.32. The molecule has 1 aromatic carbocycles. The van der Waals surface area contributed by atoms with E-state index in [0.29, 0.717) is 15.1 Å². The summed E-state index contributed by atoms with van der Waals surface area (Å²) >= 11 is 1.32. The Morgan fingerprint density at radius 2 is 2.10 bits per heavy atom. The smallest absolute Gasteiger partial charge is 0.270 e. The van der Waals surface area contributed by atoms with Gasteiger partial charge >= 0.3 is 0 Å². The van der Waals surface area contributed by atoms with Gasteiger partial charge < -0.3 is 4.74 Å². The van der Waals surface area contributed by atoms with Crippen LogP contribution in [0.3, 0.4) is 0 Å². The normalized spacial score (nSPS) is 25.0. The Kier molecular flexibility index (Phi) is 3.73. The Bertz CT molecular complexity index is 1350. The van der Waals surface area contributed by atoms with Crippen LogP contribution in [0, 0.1) is 12.8 Å². The lowest BCUT2D eigenvalue weighted by molar-refractivity contribution is -0.132. The van der Waals surface area contributed by atoms with Crippen molar-refractivity contribution in [1.29, 1.82) is 0 Å². The van der Waals surface area contributed by atoms with Crippen molar-refractivity contribution >= 4 is 23.2 Å². The van der Waals surface area contributed by atoms with E-state index >= 15 is 0 Å². The van der Waals surface area contributed by atoms with E-state index in [9.17, 15) is 9.59 Å². The zero-order valence-corrected chi connectivity index (χ0v) is 17.4. The molecule has 0 radical (unpaired) electrons. The number of ketones is 1. The maximum Gasteiger partial charge on any atom is 0.270 e. The molecule has 7 nitrogen and oxygen atoms in total. The van der Waals surface area contributed by atoms with E-state index in [1.807, 2.05) is 51.2 Å². The molecule has 0 fully saturated rings. The van der Waals surface area contributed by atoms with Crippen LogP contribution in [-0.2, 0) is 11.8 Å². The van der Waals surface area contributed by atoms with Gasteiger partial charge in [0.2, 0.25) is 5.72 Å². The van der Waals surface area contributed by atoms with Crippen LogP contribution < -0.4 is 19.6 Å². The summed E-state index contributed by atoms with van der Waals surface area (Å²) in [6, 6.07) is 7.13. The molecule has 0 N–H and O–H groups in total. The van der Waals surface area contributed by atoms with Gasteiger partial charge in [-0.3, -0.25) is 18.8 Å². The predicted molar refractivity (Wildman–Crippen MR) is 109 cm³/mol. The fraction of sp³-hybridized carbons (Fsp3) is 0.333. The number of aromatic nitrogens is 3. The molecule has 0 saturated heterocycles. The first-order valence-electron chi connectivity index (χ1n) is 9.40. The second-order valence-electron chi connectivity index (χ2n) is 7.72. The number of para-hydroxylation sites is 1. The summed E-state index contributed by atoms with van der Waals surface area (Å²) in [7, 11) is 1.87. The van der Waals surface area contributed by atoms with Crippen molar-refractivity contribution in [2.24, 2.45) is 18.0 Å². The number of carbonyl (C=O) groups excluding carboxylic acids is 1. The van der Waals surface area contributed by atoms with E-state index in [1.165, 1.54) is 18.3 Å². The van der Waals surface area contributed by atoms with Gasteiger partial charge in [-0.1, -0.05) is 29.5 Å². The number of hydrogen-bond donors (Lipinski definition) is 0. The average Bonchev–Trinajstić information content (AvgIpc) is 3.13. The molecule has 4 heterocycles. The molecule has 0 amide bonds. The maximum atomic E-state index is 13.4. The third-order valence-corrected chi connectivity index (χ3v) is 6.86. The van der Waals surface area contributed by atoms with Crippen molar-refractivity contribution < 1.29 is 9.53 Å². The van der Waals surface area contributed by atoms with Crippen molar-refractivity contribution in [3.63, 3.8) is 0 Å². The standard InChI is InChI=1S/C21H20N4O3S/c1-11-13(10-22-24(11)4)9-16-19(27)25-18-14-7-5-6-8-15(14)28-21(3,17(18)12(2)26)23-20(25)29-16/h5-10,17-18H,1-4H3. The quantitative estimate of drug-likeness (QED) is 0.641. The van der Waals surface area contributed by atoms with Crippen LogP contribution in [0.2, 0.25) is 0 Å². The molecule has 3 atom stereocenters. The first-order valence-corrected chi connectivity index (χ1v) is 10.2. The van der Waals surface area contributed by atoms with Crippen molar-refractivity contribution in [1.82, 2.24) is 14.3 Å². The Balaban J connectivity index is 1.82. The molecule has 29 heavy (non-hydrogen) atoms. The van der Waals surface area contributed by atoms with Crippen LogP contribution in [0.4, 0.5) is 0 Å². The number of rotatable bonds is 2. The lowest BCUT2D eigenvalue weighted by Crippen LogP contribution is -2.58. The van der Waals surface area contributed by atoms with Crippen LogP contribution in [0.25, 0.3) is 6.08 Å². The SMILES string of the molecule is CC(=O)C1C2c3ccccc3OC1(C)N=c1sc(=Cc3cnn(C)c3C)c(=O)n12. The summed E-state index contributed by atoms with van der Waals surface area (Å²) in [5.41, 5.74) is 1.51. The largest absolute Gasteiger partial charge is 0.465 e. The summed E-state index contributed by atoms with van der Waals surface area (Å²) in [4.78, 5) is 31.4. The molecule has 2 aromatic heterocycles. The molecule has 0 aliphatic carbocycles. The van der Waals surface area contributed by atoms with Gasteiger partial charge in [-0.2, -0.15) is 5.10 Å². The zero-order valence-electron chi connectivity index (χ0n) is 16.5. The minimum absolute atomic E-state index is 0.0480. The van der Waals surface area contributed by atoms with Gasteiger partial charge in [0.25, 0.3) is 5.56 Å². The highest BCUT2D eigenvalue weighted by Gasteiger charge is 2.53. The first kappa shape index (κ1) is 18.1. The van der Waals surface area contributed by atoms with E-state index in [4.69, 9.17) is 9.73 Å². The van der Waals surface area contributed by atoms with Crippen LogP contribution in [0.5, 0.6) is 5.75 Å². The molecule has 2 aliphatic rings. The van der Waals surface area contributed by atoms with Gasteiger partial charge in [-0.25, -0.2) is 4.99 Å². The van der Waals surface area contributed by atoms with Crippen LogP contribution in [0.15, 0.2) is 40.2 Å². The minimum atomic E-state index is -1.04. The van der Waals surface area contributed by atoms with Crippen LogP contribution in [-0.4, -0.2) is 25.9 Å². The number of thiazole rings is 1. The Morgan fingerprint density at radius 3 is 2.79 bits per heavy atom. The highest BCUT2D eigenvalue weighted by Crippen LogP contribution is 2.47. The monoisotopic (exact) mass is 408 g/mol. The molecular formula is C21H20N4O3S. The second kappa shape index (κ2) is 6.00. The maximum absolute atomic E-state index is 13.4. The third-order valence-electron chi connectivity index (χ3n) is 5.88. The van der Waals surface area contributed by atoms with E-state index < -0.39 is 17.7 Å². The van der Waals surface area contributed by atoms with E-state index in [-0.39, 0.29) is 11.3 Å². The molecule has 8 heteroatoms. The van der Waals surface area contributed by atoms with Gasteiger partial charge in [0.1, 0.15) is 17.5 Å². The Hall–Kier alpha value is -3.00. The minimum Gasteiger partial charge on any atom is -0.465 e. The Morgan fingerprint density at radius 1 is 1.34 bits per heavy atom. The number of aryl methyl sites for hydroxylation is 1. The van der Waals surface area contributed by atoms with E-state index in [2.05, 4.69) is 5.10 Å². The molecule has 0 spiro atoms. The van der Waals surface area contributed by atoms with Crippen LogP contribution in [0.1, 0.15) is 36.7 Å². The number of ether oxygens (including phenoxy) is 1. The number of benzene rings is 1. The Labute approximate surface area is 170 Å². The summed E-state index contributed by atoms with van der Waals surface area (Å²) in [6.45, 7) is 5.32. The fourth-order valence-corrected chi connectivity index (χ4v) is 5.44. The molecule has 2 bridgehead atoms. The second-order valence-corrected chi connectivity index (χ2v) is 8.73. The van der Waals surface area contributed by atoms with Gasteiger partial charge in [0.15, 0.2) is 4.80 Å². The molecule has 3 unspecified atom stereocenters. The average molecular weight is 408 g/mol. The molecule has 3 aromatic rings. The highest BCUT2D eigenvalue weighted by atomic mass is 32.1. The molecule has 5 rings (SSSR count). The van der Waals surface area contributed by atoms with Crippen molar-refractivity contribution in [2.45, 2.75) is 32.5 Å². The summed E-state index contributed by atoms with van der Waals surface area (Å²) in [5.74, 6) is 0.0527. The van der Waals surface area contributed by atoms with Crippen molar-refractivity contribution in [3.05, 3.63) is 67.0 Å². The summed E-state index contributed by atoms with van der Waals surface area (Å²) in [5, 5.41) is 4.25.